The van der Waals surface area contributed by atoms with Gasteiger partial charge in [-0.2, -0.15) is 5.26 Å². The topological polar surface area (TPSA) is 35.8 Å². The Morgan fingerprint density at radius 1 is 1.35 bits per heavy atom. The molecule has 0 aliphatic heterocycles. The van der Waals surface area contributed by atoms with Gasteiger partial charge in [0, 0.05) is 10.9 Å². The van der Waals surface area contributed by atoms with Crippen molar-refractivity contribution in [2.24, 2.45) is 0 Å². The molecule has 2 nitrogen and oxygen atoms in total. The molecule has 1 unspecified atom stereocenters. The van der Waals surface area contributed by atoms with Crippen molar-refractivity contribution >= 4 is 11.8 Å². The van der Waals surface area contributed by atoms with Crippen molar-refractivity contribution in [3.05, 3.63) is 30.1 Å². The average Bonchev–Trinajstić information content (AvgIpc) is 2.44. The van der Waals surface area contributed by atoms with Crippen LogP contribution >= 0.6 is 11.8 Å². The minimum atomic E-state index is -0.419. The Bertz CT molecular complexity index is 439. The summed E-state index contributed by atoms with van der Waals surface area (Å²) < 4.78 is 12.8. The van der Waals surface area contributed by atoms with Crippen LogP contribution in [0.2, 0.25) is 0 Å². The molecule has 20 heavy (non-hydrogen) atoms. The van der Waals surface area contributed by atoms with Gasteiger partial charge in [-0.25, -0.2) is 4.39 Å². The monoisotopic (exact) mass is 294 g/mol. The van der Waals surface area contributed by atoms with E-state index in [1.165, 1.54) is 12.1 Å². The highest BCUT2D eigenvalue weighted by atomic mass is 32.2. The number of hydrogen-bond acceptors (Lipinski definition) is 3. The second-order valence-corrected chi connectivity index (χ2v) is 6.42. The van der Waals surface area contributed by atoms with E-state index in [4.69, 9.17) is 0 Å². The zero-order chi connectivity index (χ0) is 15.0. The molecule has 0 saturated heterocycles. The Morgan fingerprint density at radius 3 is 2.50 bits per heavy atom. The molecule has 110 valence electrons. The molecule has 0 aliphatic rings. The zero-order valence-corrected chi connectivity index (χ0v) is 13.3. The normalized spacial score (nSPS) is 14.0. The first-order valence-corrected chi connectivity index (χ1v) is 8.07. The molecule has 0 heterocycles. The molecule has 1 rings (SSSR count). The van der Waals surface area contributed by atoms with Gasteiger partial charge in [0.25, 0.3) is 0 Å². The summed E-state index contributed by atoms with van der Waals surface area (Å²) in [6.07, 6.45) is 2.61. The maximum atomic E-state index is 12.8. The van der Waals surface area contributed by atoms with Crippen molar-refractivity contribution in [1.29, 1.82) is 5.26 Å². The van der Waals surface area contributed by atoms with Crippen molar-refractivity contribution in [2.75, 3.05) is 5.75 Å². The van der Waals surface area contributed by atoms with E-state index in [0.29, 0.717) is 6.04 Å². The van der Waals surface area contributed by atoms with Crippen LogP contribution < -0.4 is 5.32 Å². The third kappa shape index (κ3) is 5.52. The number of thioether (sulfide) groups is 1. The predicted molar refractivity (Wildman–Crippen MR) is 83.3 cm³/mol. The van der Waals surface area contributed by atoms with Crippen molar-refractivity contribution in [2.45, 2.75) is 56.5 Å². The maximum Gasteiger partial charge on any atom is 0.123 e. The van der Waals surface area contributed by atoms with Crippen LogP contribution in [-0.2, 0) is 0 Å². The number of hydrogen-bond donors (Lipinski definition) is 1. The molecule has 0 aliphatic carbocycles. The van der Waals surface area contributed by atoms with E-state index in [0.717, 1.165) is 29.9 Å². The van der Waals surface area contributed by atoms with Gasteiger partial charge >= 0.3 is 0 Å². The first-order chi connectivity index (χ1) is 9.51. The molecule has 1 aromatic rings. The second kappa shape index (κ2) is 8.28. The number of rotatable bonds is 8. The Morgan fingerprint density at radius 2 is 2.00 bits per heavy atom. The fourth-order valence-electron chi connectivity index (χ4n) is 2.17. The van der Waals surface area contributed by atoms with E-state index in [-0.39, 0.29) is 5.82 Å². The van der Waals surface area contributed by atoms with Gasteiger partial charge in [0.1, 0.15) is 11.4 Å². The fraction of sp³-hybridized carbons (Fsp3) is 0.562. The van der Waals surface area contributed by atoms with Crippen LogP contribution in [0.3, 0.4) is 0 Å². The molecule has 1 N–H and O–H groups in total. The minimum absolute atomic E-state index is 0.204. The van der Waals surface area contributed by atoms with Gasteiger partial charge in [-0.3, -0.25) is 5.32 Å². The van der Waals surface area contributed by atoms with E-state index < -0.39 is 5.54 Å². The molecule has 0 fully saturated rings. The molecule has 0 spiro atoms. The average molecular weight is 294 g/mol. The molecular weight excluding hydrogens is 271 g/mol. The Kier molecular flexibility index (Phi) is 7.04. The summed E-state index contributed by atoms with van der Waals surface area (Å²) in [6.45, 7) is 6.18. The summed E-state index contributed by atoms with van der Waals surface area (Å²) in [5.41, 5.74) is -0.419. The SMILES string of the molecule is CCC(C#N)(CCCSc1ccc(F)cc1)NC(C)C. The molecule has 4 heteroatoms. The van der Waals surface area contributed by atoms with Crippen LogP contribution in [0.25, 0.3) is 0 Å². The van der Waals surface area contributed by atoms with Gasteiger partial charge in [-0.15, -0.1) is 11.8 Å². The van der Waals surface area contributed by atoms with E-state index in [2.05, 4.69) is 25.2 Å². The Labute approximate surface area is 125 Å². The summed E-state index contributed by atoms with van der Waals surface area (Å²) in [6, 6.07) is 9.29. The second-order valence-electron chi connectivity index (χ2n) is 5.25. The lowest BCUT2D eigenvalue weighted by Gasteiger charge is -2.29. The first-order valence-electron chi connectivity index (χ1n) is 7.08. The van der Waals surface area contributed by atoms with Crippen LogP contribution in [0, 0.1) is 17.1 Å². The molecular formula is C16H23FN2S. The third-order valence-electron chi connectivity index (χ3n) is 3.21. The first kappa shape index (κ1) is 17.0. The zero-order valence-electron chi connectivity index (χ0n) is 12.4. The Hall–Kier alpha value is -1.05. The Balaban J connectivity index is 2.41. The molecule has 1 atom stereocenters. The van der Waals surface area contributed by atoms with Crippen LogP contribution in [0.1, 0.15) is 40.0 Å². The largest absolute Gasteiger partial charge is 0.297 e. The standard InChI is InChI=1S/C16H23FN2S/c1-4-16(12-18,19-13(2)3)10-5-11-20-15-8-6-14(17)7-9-15/h6-9,13,19H,4-5,10-11H2,1-3H3. The highest BCUT2D eigenvalue weighted by Crippen LogP contribution is 2.23. The van der Waals surface area contributed by atoms with Crippen LogP contribution in [0.4, 0.5) is 4.39 Å². The molecule has 0 radical (unpaired) electrons. The maximum absolute atomic E-state index is 12.8. The number of nitrogens with zero attached hydrogens (tertiary/aromatic N) is 1. The highest BCUT2D eigenvalue weighted by Gasteiger charge is 2.27. The molecule has 0 amide bonds. The number of nitrogens with one attached hydrogen (secondary N) is 1. The van der Waals surface area contributed by atoms with E-state index in [1.807, 2.05) is 6.92 Å². The number of benzene rings is 1. The van der Waals surface area contributed by atoms with Gasteiger partial charge in [-0.1, -0.05) is 6.92 Å². The van der Waals surface area contributed by atoms with Crippen molar-refractivity contribution < 1.29 is 4.39 Å². The summed E-state index contributed by atoms with van der Waals surface area (Å²) in [4.78, 5) is 1.07. The molecule has 1 aromatic carbocycles. The van der Waals surface area contributed by atoms with E-state index >= 15 is 0 Å². The summed E-state index contributed by atoms with van der Waals surface area (Å²) >= 11 is 1.71. The van der Waals surface area contributed by atoms with Crippen molar-refractivity contribution in [3.63, 3.8) is 0 Å². The lowest BCUT2D eigenvalue weighted by atomic mass is 9.91. The van der Waals surface area contributed by atoms with Gasteiger partial charge in [0.2, 0.25) is 0 Å². The van der Waals surface area contributed by atoms with Gasteiger partial charge in [-0.05, 0) is 63.1 Å². The molecule has 0 saturated carbocycles. The van der Waals surface area contributed by atoms with Crippen LogP contribution in [0.5, 0.6) is 0 Å². The molecule has 0 bridgehead atoms. The smallest absolute Gasteiger partial charge is 0.123 e. The lowest BCUT2D eigenvalue weighted by molar-refractivity contribution is 0.341. The lowest BCUT2D eigenvalue weighted by Crippen LogP contribution is -2.47. The number of nitriles is 1. The van der Waals surface area contributed by atoms with Crippen LogP contribution in [0.15, 0.2) is 29.2 Å². The fourth-order valence-corrected chi connectivity index (χ4v) is 3.02. The van der Waals surface area contributed by atoms with Gasteiger partial charge < -0.3 is 0 Å². The summed E-state index contributed by atoms with van der Waals surface area (Å²) in [5.74, 6) is 0.736. The third-order valence-corrected chi connectivity index (χ3v) is 4.31. The number of halogens is 1. The van der Waals surface area contributed by atoms with Crippen molar-refractivity contribution in [1.82, 2.24) is 5.32 Å². The van der Waals surface area contributed by atoms with Crippen molar-refractivity contribution in [3.8, 4) is 6.07 Å². The van der Waals surface area contributed by atoms with Crippen LogP contribution in [-0.4, -0.2) is 17.3 Å². The van der Waals surface area contributed by atoms with E-state index in [9.17, 15) is 9.65 Å². The summed E-state index contributed by atoms with van der Waals surface area (Å²) in [7, 11) is 0. The van der Waals surface area contributed by atoms with E-state index in [1.54, 1.807) is 23.9 Å². The van der Waals surface area contributed by atoms with Gasteiger partial charge in [0.05, 0.1) is 6.07 Å². The van der Waals surface area contributed by atoms with Gasteiger partial charge in [0.15, 0.2) is 0 Å². The quantitative estimate of drug-likeness (QED) is 0.571. The highest BCUT2D eigenvalue weighted by molar-refractivity contribution is 7.99. The molecule has 0 aromatic heterocycles. The predicted octanol–water partition coefficient (Wildman–Crippen LogP) is 4.37. The minimum Gasteiger partial charge on any atom is -0.297 e. The summed E-state index contributed by atoms with van der Waals surface area (Å²) in [5, 5.41) is 12.8.